The summed E-state index contributed by atoms with van der Waals surface area (Å²) in [6.45, 7) is 0.496. The SMILES string of the molecule is NC(=O)c1cccc2c1c1[c]cc(F)cc1n2Cc1ccoc1. The number of aromatic nitrogens is 1. The van der Waals surface area contributed by atoms with Gasteiger partial charge in [-0.05, 0) is 36.4 Å². The number of hydrogen-bond acceptors (Lipinski definition) is 2. The van der Waals surface area contributed by atoms with Crippen molar-refractivity contribution in [1.29, 1.82) is 0 Å². The molecular formula is C18H12FN2O2. The topological polar surface area (TPSA) is 61.2 Å². The number of hydrogen-bond donors (Lipinski definition) is 1. The monoisotopic (exact) mass is 307 g/mol. The van der Waals surface area contributed by atoms with Gasteiger partial charge in [-0.1, -0.05) is 6.07 Å². The first-order chi connectivity index (χ1) is 11.1. The number of primary amides is 1. The molecule has 0 saturated carbocycles. The van der Waals surface area contributed by atoms with Crippen LogP contribution in [-0.4, -0.2) is 10.5 Å². The van der Waals surface area contributed by atoms with Crippen molar-refractivity contribution < 1.29 is 13.6 Å². The van der Waals surface area contributed by atoms with E-state index in [1.165, 1.54) is 12.1 Å². The number of fused-ring (bicyclic) bond motifs is 3. The van der Waals surface area contributed by atoms with Crippen molar-refractivity contribution in [3.63, 3.8) is 0 Å². The van der Waals surface area contributed by atoms with Gasteiger partial charge in [0.25, 0.3) is 0 Å². The van der Waals surface area contributed by atoms with E-state index in [1.54, 1.807) is 24.7 Å². The van der Waals surface area contributed by atoms with Gasteiger partial charge in [-0.2, -0.15) is 0 Å². The van der Waals surface area contributed by atoms with E-state index in [0.29, 0.717) is 28.4 Å². The van der Waals surface area contributed by atoms with Crippen LogP contribution in [0, 0.1) is 11.9 Å². The number of nitrogens with two attached hydrogens (primary N) is 1. The molecule has 0 aliphatic carbocycles. The zero-order chi connectivity index (χ0) is 16.0. The number of carbonyl (C=O) groups is 1. The van der Waals surface area contributed by atoms with Crippen molar-refractivity contribution in [2.24, 2.45) is 5.73 Å². The van der Waals surface area contributed by atoms with Gasteiger partial charge in [0.15, 0.2) is 0 Å². The Kier molecular flexibility index (Phi) is 2.94. The first kappa shape index (κ1) is 13.6. The van der Waals surface area contributed by atoms with Crippen LogP contribution >= 0.6 is 0 Å². The lowest BCUT2D eigenvalue weighted by atomic mass is 10.1. The van der Waals surface area contributed by atoms with Crippen LogP contribution in [0.3, 0.4) is 0 Å². The van der Waals surface area contributed by atoms with Crippen molar-refractivity contribution in [2.45, 2.75) is 6.54 Å². The van der Waals surface area contributed by atoms with Gasteiger partial charge in [-0.3, -0.25) is 4.79 Å². The van der Waals surface area contributed by atoms with Crippen molar-refractivity contribution in [3.8, 4) is 0 Å². The number of nitrogens with zero attached hydrogens (tertiary/aromatic N) is 1. The van der Waals surface area contributed by atoms with E-state index in [-0.39, 0.29) is 5.82 Å². The molecule has 113 valence electrons. The Morgan fingerprint density at radius 2 is 2.17 bits per heavy atom. The van der Waals surface area contributed by atoms with Gasteiger partial charge >= 0.3 is 0 Å². The predicted octanol–water partition coefficient (Wildman–Crippen LogP) is 3.47. The molecule has 0 aliphatic heterocycles. The van der Waals surface area contributed by atoms with Crippen molar-refractivity contribution in [3.05, 3.63) is 71.9 Å². The van der Waals surface area contributed by atoms with E-state index in [2.05, 4.69) is 6.07 Å². The normalized spacial score (nSPS) is 11.3. The third kappa shape index (κ3) is 2.09. The molecule has 4 rings (SSSR count). The minimum Gasteiger partial charge on any atom is -0.472 e. The fourth-order valence-electron chi connectivity index (χ4n) is 2.97. The Morgan fingerprint density at radius 1 is 1.30 bits per heavy atom. The van der Waals surface area contributed by atoms with E-state index >= 15 is 0 Å². The summed E-state index contributed by atoms with van der Waals surface area (Å²) in [5.41, 5.74) is 8.31. The summed E-state index contributed by atoms with van der Waals surface area (Å²) in [6.07, 6.45) is 3.23. The molecule has 1 radical (unpaired) electrons. The molecular weight excluding hydrogens is 295 g/mol. The average molecular weight is 307 g/mol. The minimum absolute atomic E-state index is 0.380. The van der Waals surface area contributed by atoms with Crippen LogP contribution in [0.15, 0.2) is 53.3 Å². The smallest absolute Gasteiger partial charge is 0.249 e. The first-order valence-electron chi connectivity index (χ1n) is 7.08. The number of furan rings is 1. The molecule has 0 fully saturated rings. The molecule has 0 atom stereocenters. The second-order valence-corrected chi connectivity index (χ2v) is 5.36. The number of rotatable bonds is 3. The molecule has 5 heteroatoms. The molecule has 23 heavy (non-hydrogen) atoms. The van der Waals surface area contributed by atoms with E-state index in [1.807, 2.05) is 16.7 Å². The highest BCUT2D eigenvalue weighted by atomic mass is 19.1. The van der Waals surface area contributed by atoms with Crippen molar-refractivity contribution >= 4 is 27.7 Å². The minimum atomic E-state index is -0.518. The summed E-state index contributed by atoms with van der Waals surface area (Å²) < 4.78 is 20.8. The molecule has 1 amide bonds. The average Bonchev–Trinajstić information content (AvgIpc) is 3.14. The van der Waals surface area contributed by atoms with E-state index < -0.39 is 5.91 Å². The van der Waals surface area contributed by atoms with Crippen LogP contribution in [-0.2, 0) is 6.54 Å². The number of benzene rings is 2. The Labute approximate surface area is 130 Å². The standard InChI is InChI=1S/C18H12FN2O2/c19-12-4-5-13-16(8-12)21(9-11-6-7-23-10-11)15-3-1-2-14(17(13)15)18(20)22/h1-4,6-8,10H,9H2,(H2,20,22). The molecule has 2 heterocycles. The first-order valence-corrected chi connectivity index (χ1v) is 7.08. The zero-order valence-electron chi connectivity index (χ0n) is 12.0. The van der Waals surface area contributed by atoms with Crippen LogP contribution in [0.4, 0.5) is 4.39 Å². The molecule has 4 nitrogen and oxygen atoms in total. The highest BCUT2D eigenvalue weighted by molar-refractivity contribution is 6.17. The van der Waals surface area contributed by atoms with Gasteiger partial charge in [0.1, 0.15) is 5.82 Å². The maximum absolute atomic E-state index is 13.7. The molecule has 0 saturated heterocycles. The molecule has 0 unspecified atom stereocenters. The Balaban J connectivity index is 2.11. The molecule has 0 aliphatic rings. The lowest BCUT2D eigenvalue weighted by Crippen LogP contribution is -2.11. The van der Waals surface area contributed by atoms with Gasteiger partial charge in [0, 0.05) is 21.9 Å². The molecule has 2 N–H and O–H groups in total. The molecule has 2 aromatic heterocycles. The van der Waals surface area contributed by atoms with Gasteiger partial charge < -0.3 is 14.7 Å². The Hall–Kier alpha value is -3.08. The van der Waals surface area contributed by atoms with Gasteiger partial charge in [-0.25, -0.2) is 4.39 Å². The van der Waals surface area contributed by atoms with E-state index in [9.17, 15) is 9.18 Å². The van der Waals surface area contributed by atoms with Crippen LogP contribution in [0.5, 0.6) is 0 Å². The summed E-state index contributed by atoms with van der Waals surface area (Å²) in [4.78, 5) is 11.8. The van der Waals surface area contributed by atoms with Crippen LogP contribution in [0.2, 0.25) is 0 Å². The maximum atomic E-state index is 13.7. The Morgan fingerprint density at radius 3 is 2.91 bits per heavy atom. The summed E-state index contributed by atoms with van der Waals surface area (Å²) in [5.74, 6) is -0.898. The van der Waals surface area contributed by atoms with Crippen molar-refractivity contribution in [1.82, 2.24) is 4.57 Å². The number of carbonyl (C=O) groups excluding carboxylic acids is 1. The third-order valence-corrected chi connectivity index (χ3v) is 3.95. The highest BCUT2D eigenvalue weighted by Gasteiger charge is 2.17. The fourth-order valence-corrected chi connectivity index (χ4v) is 2.97. The van der Waals surface area contributed by atoms with Crippen LogP contribution in [0.1, 0.15) is 15.9 Å². The summed E-state index contributed by atoms with van der Waals surface area (Å²) in [7, 11) is 0. The second kappa shape index (κ2) is 4.98. The molecule has 0 spiro atoms. The zero-order valence-corrected chi connectivity index (χ0v) is 12.0. The van der Waals surface area contributed by atoms with Crippen LogP contribution in [0.25, 0.3) is 21.8 Å². The largest absolute Gasteiger partial charge is 0.472 e. The second-order valence-electron chi connectivity index (χ2n) is 5.36. The summed E-state index contributed by atoms with van der Waals surface area (Å²) >= 11 is 0. The van der Waals surface area contributed by atoms with E-state index in [4.69, 9.17) is 10.2 Å². The lowest BCUT2D eigenvalue weighted by molar-refractivity contribution is 0.100. The number of amides is 1. The quantitative estimate of drug-likeness (QED) is 0.630. The van der Waals surface area contributed by atoms with E-state index in [0.717, 1.165) is 11.1 Å². The third-order valence-electron chi connectivity index (χ3n) is 3.95. The van der Waals surface area contributed by atoms with Gasteiger partial charge in [0.05, 0.1) is 30.1 Å². The van der Waals surface area contributed by atoms with Gasteiger partial charge in [0.2, 0.25) is 5.91 Å². The molecule has 2 aromatic carbocycles. The lowest BCUT2D eigenvalue weighted by Gasteiger charge is -2.06. The summed E-state index contributed by atoms with van der Waals surface area (Å²) in [6, 6.07) is 12.8. The fraction of sp³-hybridized carbons (Fsp3) is 0.0556. The Bertz CT molecular complexity index is 1030. The van der Waals surface area contributed by atoms with Crippen molar-refractivity contribution in [2.75, 3.05) is 0 Å². The highest BCUT2D eigenvalue weighted by Crippen LogP contribution is 2.32. The maximum Gasteiger partial charge on any atom is 0.249 e. The number of halogens is 1. The molecule has 0 bridgehead atoms. The molecule has 4 aromatic rings. The van der Waals surface area contributed by atoms with Crippen LogP contribution < -0.4 is 5.73 Å². The summed E-state index contributed by atoms with van der Waals surface area (Å²) in [5, 5.41) is 1.37. The van der Waals surface area contributed by atoms with Gasteiger partial charge in [-0.15, -0.1) is 0 Å². The predicted molar refractivity (Wildman–Crippen MR) is 84.6 cm³/mol.